The van der Waals surface area contributed by atoms with Crippen molar-refractivity contribution >= 4 is 11.9 Å². The molecule has 0 radical (unpaired) electrons. The van der Waals surface area contributed by atoms with E-state index < -0.39 is 6.61 Å². The monoisotopic (exact) mass is 440 g/mol. The Hall–Kier alpha value is -3.87. The van der Waals surface area contributed by atoms with Gasteiger partial charge in [-0.15, -0.1) is 0 Å². The van der Waals surface area contributed by atoms with Gasteiger partial charge in [0.05, 0.1) is 14.2 Å². The highest BCUT2D eigenvalue weighted by Gasteiger charge is 2.08. The predicted octanol–water partition coefficient (Wildman–Crippen LogP) is 5.78. The Morgan fingerprint density at radius 2 is 1.53 bits per heavy atom. The van der Waals surface area contributed by atoms with Crippen LogP contribution in [0.5, 0.6) is 23.0 Å². The molecule has 5 nitrogen and oxygen atoms in total. The number of methoxy groups -OCH3 is 2. The summed E-state index contributed by atoms with van der Waals surface area (Å²) in [7, 11) is 3.17. The van der Waals surface area contributed by atoms with Crippen LogP contribution in [-0.4, -0.2) is 26.6 Å². The van der Waals surface area contributed by atoms with Gasteiger partial charge in [-0.2, -0.15) is 8.78 Å². The number of carbonyl (C=O) groups excluding carboxylic acids is 1. The molecule has 0 aliphatic heterocycles. The van der Waals surface area contributed by atoms with E-state index in [1.54, 1.807) is 26.4 Å². The average molecular weight is 440 g/mol. The molecule has 32 heavy (non-hydrogen) atoms. The zero-order chi connectivity index (χ0) is 22.9. The summed E-state index contributed by atoms with van der Waals surface area (Å²) in [4.78, 5) is 12.4. The van der Waals surface area contributed by atoms with E-state index in [-0.39, 0.29) is 18.1 Å². The number of ether oxygens (including phenoxy) is 4. The lowest BCUT2D eigenvalue weighted by atomic mass is 10.1. The third-order valence-corrected chi connectivity index (χ3v) is 4.55. The fraction of sp³-hybridized carbons (Fsp3) is 0.160. The number of benzene rings is 3. The van der Waals surface area contributed by atoms with Crippen LogP contribution in [0.1, 0.15) is 21.5 Å². The molecule has 0 spiro atoms. The van der Waals surface area contributed by atoms with Crippen LogP contribution in [0.15, 0.2) is 72.8 Å². The number of halogens is 2. The van der Waals surface area contributed by atoms with Crippen LogP contribution in [0.2, 0.25) is 0 Å². The van der Waals surface area contributed by atoms with Gasteiger partial charge in [-0.1, -0.05) is 12.1 Å². The van der Waals surface area contributed by atoms with Gasteiger partial charge >= 0.3 is 6.61 Å². The molecule has 0 aromatic heterocycles. The number of alkyl halides is 2. The standard InChI is InChI=1S/C25H22F2O5/c1-29-20-9-11-21(12-10-20)31-16-19-15-17(4-14-24(19)30-2)3-13-23(28)18-5-7-22(8-6-18)32-25(26)27/h3-15,25H,16H2,1-2H3/b13-3+. The van der Waals surface area contributed by atoms with Crippen molar-refractivity contribution in [3.05, 3.63) is 89.5 Å². The van der Waals surface area contributed by atoms with Gasteiger partial charge in [0.15, 0.2) is 5.78 Å². The summed E-state index contributed by atoms with van der Waals surface area (Å²) in [6.07, 6.45) is 3.08. The van der Waals surface area contributed by atoms with Crippen LogP contribution in [0, 0.1) is 0 Å². The Bertz CT molecular complexity index is 1060. The maximum absolute atomic E-state index is 12.4. The minimum Gasteiger partial charge on any atom is -0.497 e. The Kier molecular flexibility index (Phi) is 7.80. The zero-order valence-corrected chi connectivity index (χ0v) is 17.6. The van der Waals surface area contributed by atoms with Crippen LogP contribution in [0.25, 0.3) is 6.08 Å². The summed E-state index contributed by atoms with van der Waals surface area (Å²) in [5.41, 5.74) is 1.95. The first-order chi connectivity index (χ1) is 15.5. The van der Waals surface area contributed by atoms with Gasteiger partial charge < -0.3 is 18.9 Å². The van der Waals surface area contributed by atoms with E-state index in [0.29, 0.717) is 17.1 Å². The molecule has 0 saturated carbocycles. The Morgan fingerprint density at radius 3 is 2.16 bits per heavy atom. The van der Waals surface area contributed by atoms with Gasteiger partial charge in [-0.05, 0) is 72.3 Å². The normalized spacial score (nSPS) is 10.9. The minimum absolute atomic E-state index is 0.00261. The molecule has 0 aliphatic rings. The summed E-state index contributed by atoms with van der Waals surface area (Å²) in [5, 5.41) is 0. The molecular weight excluding hydrogens is 418 g/mol. The highest BCUT2D eigenvalue weighted by atomic mass is 19.3. The molecule has 3 aromatic rings. The number of hydrogen-bond acceptors (Lipinski definition) is 5. The second-order valence-corrected chi connectivity index (χ2v) is 6.64. The average Bonchev–Trinajstić information content (AvgIpc) is 2.81. The van der Waals surface area contributed by atoms with Crippen LogP contribution >= 0.6 is 0 Å². The van der Waals surface area contributed by atoms with Gasteiger partial charge in [0.25, 0.3) is 0 Å². The van der Waals surface area contributed by atoms with Crippen LogP contribution in [0.3, 0.4) is 0 Å². The second kappa shape index (κ2) is 10.9. The van der Waals surface area contributed by atoms with E-state index in [1.807, 2.05) is 36.4 Å². The number of allylic oxidation sites excluding steroid dienone is 1. The van der Waals surface area contributed by atoms with Crippen molar-refractivity contribution in [2.24, 2.45) is 0 Å². The highest BCUT2D eigenvalue weighted by molar-refractivity contribution is 6.06. The lowest BCUT2D eigenvalue weighted by Crippen LogP contribution is -2.02. The Balaban J connectivity index is 1.68. The van der Waals surface area contributed by atoms with E-state index in [1.165, 1.54) is 30.3 Å². The van der Waals surface area contributed by atoms with Crippen molar-refractivity contribution in [2.45, 2.75) is 13.2 Å². The highest BCUT2D eigenvalue weighted by Crippen LogP contribution is 2.24. The smallest absolute Gasteiger partial charge is 0.387 e. The van der Waals surface area contributed by atoms with Gasteiger partial charge in [0, 0.05) is 11.1 Å². The third-order valence-electron chi connectivity index (χ3n) is 4.55. The molecule has 0 fully saturated rings. The SMILES string of the molecule is COc1ccc(OCc2cc(/C=C/C(=O)c3ccc(OC(F)F)cc3)ccc2OC)cc1. The quantitative estimate of drug-likeness (QED) is 0.295. The van der Waals surface area contributed by atoms with E-state index in [2.05, 4.69) is 4.74 Å². The summed E-state index contributed by atoms with van der Waals surface area (Å²) in [6.45, 7) is -2.63. The molecule has 0 saturated heterocycles. The maximum Gasteiger partial charge on any atom is 0.387 e. The van der Waals surface area contributed by atoms with E-state index >= 15 is 0 Å². The summed E-state index contributed by atoms with van der Waals surface area (Å²) in [6, 6.07) is 18.3. The first-order valence-corrected chi connectivity index (χ1v) is 9.69. The predicted molar refractivity (Wildman–Crippen MR) is 117 cm³/mol. The lowest BCUT2D eigenvalue weighted by molar-refractivity contribution is -0.0498. The molecule has 0 bridgehead atoms. The number of ketones is 1. The third kappa shape index (κ3) is 6.31. The minimum atomic E-state index is -2.91. The van der Waals surface area contributed by atoms with Crippen molar-refractivity contribution in [1.29, 1.82) is 0 Å². The molecular formula is C25H22F2O5. The Labute approximate surface area is 184 Å². The largest absolute Gasteiger partial charge is 0.497 e. The first-order valence-electron chi connectivity index (χ1n) is 9.69. The number of hydrogen-bond donors (Lipinski definition) is 0. The van der Waals surface area contributed by atoms with Gasteiger partial charge in [-0.3, -0.25) is 4.79 Å². The maximum atomic E-state index is 12.4. The van der Waals surface area contributed by atoms with Crippen LogP contribution in [-0.2, 0) is 6.61 Å². The van der Waals surface area contributed by atoms with Crippen LogP contribution < -0.4 is 18.9 Å². The van der Waals surface area contributed by atoms with Crippen molar-refractivity contribution in [2.75, 3.05) is 14.2 Å². The van der Waals surface area contributed by atoms with Crippen molar-refractivity contribution in [3.63, 3.8) is 0 Å². The summed E-state index contributed by atoms with van der Waals surface area (Å²) >= 11 is 0. The van der Waals surface area contributed by atoms with Crippen molar-refractivity contribution < 1.29 is 32.5 Å². The zero-order valence-electron chi connectivity index (χ0n) is 17.6. The van der Waals surface area contributed by atoms with E-state index in [0.717, 1.165) is 16.9 Å². The van der Waals surface area contributed by atoms with Crippen molar-refractivity contribution in [1.82, 2.24) is 0 Å². The van der Waals surface area contributed by atoms with Crippen molar-refractivity contribution in [3.8, 4) is 23.0 Å². The van der Waals surface area contributed by atoms with Gasteiger partial charge in [0.1, 0.15) is 29.6 Å². The molecule has 3 rings (SSSR count). The number of carbonyl (C=O) groups is 1. The topological polar surface area (TPSA) is 54.0 Å². The molecule has 0 aliphatic carbocycles. The fourth-order valence-electron chi connectivity index (χ4n) is 2.92. The first kappa shape index (κ1) is 22.8. The number of rotatable bonds is 10. The van der Waals surface area contributed by atoms with Crippen LogP contribution in [0.4, 0.5) is 8.78 Å². The molecule has 0 unspecified atom stereocenters. The lowest BCUT2D eigenvalue weighted by Gasteiger charge is -2.11. The summed E-state index contributed by atoms with van der Waals surface area (Å²) in [5.74, 6) is 1.82. The molecule has 7 heteroatoms. The van der Waals surface area contributed by atoms with Gasteiger partial charge in [-0.25, -0.2) is 0 Å². The Morgan fingerprint density at radius 1 is 0.875 bits per heavy atom. The van der Waals surface area contributed by atoms with Gasteiger partial charge in [0.2, 0.25) is 0 Å². The van der Waals surface area contributed by atoms with E-state index in [4.69, 9.17) is 14.2 Å². The molecule has 0 amide bonds. The second-order valence-electron chi connectivity index (χ2n) is 6.64. The molecule has 166 valence electrons. The summed E-state index contributed by atoms with van der Waals surface area (Å²) < 4.78 is 45.1. The molecule has 0 N–H and O–H groups in total. The fourth-order valence-corrected chi connectivity index (χ4v) is 2.92. The molecule has 0 heterocycles. The molecule has 0 atom stereocenters. The molecule has 3 aromatic carbocycles. The van der Waals surface area contributed by atoms with E-state index in [9.17, 15) is 13.6 Å².